The zero-order valence-electron chi connectivity index (χ0n) is 18.2. The molecule has 4 rings (SSSR count). The highest BCUT2D eigenvalue weighted by Gasteiger charge is 2.35. The summed E-state index contributed by atoms with van der Waals surface area (Å²) in [6, 6.07) is 14.4. The highest BCUT2D eigenvalue weighted by Crippen LogP contribution is 2.40. The molecule has 35 heavy (non-hydrogen) atoms. The average molecular weight is 597 g/mol. The van der Waals surface area contributed by atoms with Crippen LogP contribution >= 0.6 is 50.9 Å². The Balaban J connectivity index is 1.54. The molecule has 0 unspecified atom stereocenters. The van der Waals surface area contributed by atoms with Gasteiger partial charge >= 0.3 is 0 Å². The Morgan fingerprint density at radius 2 is 1.77 bits per heavy atom. The van der Waals surface area contributed by atoms with Crippen LogP contribution < -0.4 is 9.47 Å². The van der Waals surface area contributed by atoms with Gasteiger partial charge in [-0.15, -0.1) is 0 Å². The number of hydrogen-bond acceptors (Lipinski definition) is 5. The highest BCUT2D eigenvalue weighted by molar-refractivity contribution is 9.10. The highest BCUT2D eigenvalue weighted by atomic mass is 79.9. The van der Waals surface area contributed by atoms with Crippen LogP contribution in [0.4, 0.5) is 9.18 Å². The van der Waals surface area contributed by atoms with Crippen molar-refractivity contribution in [1.82, 2.24) is 4.90 Å². The zero-order valence-corrected chi connectivity index (χ0v) is 22.1. The molecule has 3 aromatic rings. The molecule has 0 aliphatic carbocycles. The maximum Gasteiger partial charge on any atom is 0.293 e. The first kappa shape index (κ1) is 25.6. The molecule has 10 heteroatoms. The second kappa shape index (κ2) is 11.0. The summed E-state index contributed by atoms with van der Waals surface area (Å²) < 4.78 is 25.1. The molecule has 180 valence electrons. The summed E-state index contributed by atoms with van der Waals surface area (Å²) in [5.41, 5.74) is 1.92. The van der Waals surface area contributed by atoms with Gasteiger partial charge in [0.1, 0.15) is 12.4 Å². The van der Waals surface area contributed by atoms with Crippen molar-refractivity contribution in [2.75, 3.05) is 7.11 Å². The Bertz CT molecular complexity index is 1310. The molecule has 5 nitrogen and oxygen atoms in total. The Morgan fingerprint density at radius 3 is 2.43 bits per heavy atom. The Labute approximate surface area is 223 Å². The maximum atomic E-state index is 13.1. The predicted molar refractivity (Wildman–Crippen MR) is 139 cm³/mol. The van der Waals surface area contributed by atoms with E-state index in [0.29, 0.717) is 37.1 Å². The average Bonchev–Trinajstić information content (AvgIpc) is 3.08. The van der Waals surface area contributed by atoms with Crippen molar-refractivity contribution in [3.05, 3.63) is 96.5 Å². The summed E-state index contributed by atoms with van der Waals surface area (Å²) >= 11 is 16.7. The van der Waals surface area contributed by atoms with Gasteiger partial charge in [-0.05, 0) is 81.3 Å². The lowest BCUT2D eigenvalue weighted by Crippen LogP contribution is -2.27. The van der Waals surface area contributed by atoms with E-state index in [1.807, 2.05) is 0 Å². The molecule has 0 spiro atoms. The van der Waals surface area contributed by atoms with E-state index in [9.17, 15) is 14.0 Å². The van der Waals surface area contributed by atoms with Crippen molar-refractivity contribution < 1.29 is 23.5 Å². The first-order valence-electron chi connectivity index (χ1n) is 10.2. The lowest BCUT2D eigenvalue weighted by atomic mass is 10.1. The lowest BCUT2D eigenvalue weighted by molar-refractivity contribution is -0.123. The summed E-state index contributed by atoms with van der Waals surface area (Å²) in [5, 5.41) is 0.346. The van der Waals surface area contributed by atoms with Crippen LogP contribution in [0.5, 0.6) is 11.5 Å². The third-order valence-electron chi connectivity index (χ3n) is 5.10. The topological polar surface area (TPSA) is 55.8 Å². The molecule has 3 aromatic carbocycles. The van der Waals surface area contributed by atoms with Crippen LogP contribution in [-0.4, -0.2) is 23.2 Å². The normalized spacial score (nSPS) is 14.7. The molecular weight excluding hydrogens is 580 g/mol. The fourth-order valence-corrected chi connectivity index (χ4v) is 5.26. The summed E-state index contributed by atoms with van der Waals surface area (Å²) in [6.07, 6.45) is 1.61. The number of hydrogen-bond donors (Lipinski definition) is 0. The maximum absolute atomic E-state index is 13.1. The van der Waals surface area contributed by atoms with E-state index < -0.39 is 11.1 Å². The minimum atomic E-state index is -0.442. The van der Waals surface area contributed by atoms with Gasteiger partial charge in [0.25, 0.3) is 11.1 Å². The Morgan fingerprint density at radius 1 is 1.09 bits per heavy atom. The summed E-state index contributed by atoms with van der Waals surface area (Å²) in [6.45, 7) is 0.182. The molecule has 0 N–H and O–H groups in total. The van der Waals surface area contributed by atoms with Gasteiger partial charge < -0.3 is 9.47 Å². The number of benzene rings is 3. The minimum absolute atomic E-state index is 0.0241. The molecule has 1 aliphatic heterocycles. The van der Waals surface area contributed by atoms with Crippen molar-refractivity contribution in [1.29, 1.82) is 0 Å². The number of nitrogens with zero attached hydrogens (tertiary/aromatic N) is 1. The van der Waals surface area contributed by atoms with E-state index in [1.54, 1.807) is 48.5 Å². The van der Waals surface area contributed by atoms with Crippen LogP contribution in [0.25, 0.3) is 6.08 Å². The number of carbonyl (C=O) groups excluding carboxylic acids is 2. The Hall–Kier alpha value is -2.52. The van der Waals surface area contributed by atoms with Crippen LogP contribution in [0, 0.1) is 5.82 Å². The fourth-order valence-electron chi connectivity index (χ4n) is 3.33. The van der Waals surface area contributed by atoms with Crippen LogP contribution in [0.3, 0.4) is 0 Å². The van der Waals surface area contributed by atoms with Gasteiger partial charge in [0.05, 0.1) is 23.0 Å². The standard InChI is InChI=1S/C25H17BrCl2FNO4S/c1-33-21-10-15(9-18(26)23(21)34-13-14-5-7-16(29)8-6-14)11-22-24(31)30(25(32)35-22)12-17-19(27)3-2-4-20(17)28/h2-11H,12-13H2,1H3/b22-11+. The molecule has 0 saturated carbocycles. The number of ether oxygens (including phenoxy) is 2. The summed E-state index contributed by atoms with van der Waals surface area (Å²) in [7, 11) is 1.50. The van der Waals surface area contributed by atoms with Crippen LogP contribution in [0.1, 0.15) is 16.7 Å². The quantitative estimate of drug-likeness (QED) is 0.261. The van der Waals surface area contributed by atoms with E-state index in [0.717, 1.165) is 22.2 Å². The monoisotopic (exact) mass is 595 g/mol. The van der Waals surface area contributed by atoms with Crippen molar-refractivity contribution in [3.63, 3.8) is 0 Å². The van der Waals surface area contributed by atoms with Crippen LogP contribution in [0.15, 0.2) is 64.0 Å². The van der Waals surface area contributed by atoms with Gasteiger partial charge in [0.15, 0.2) is 11.5 Å². The molecule has 1 fully saturated rings. The molecule has 1 heterocycles. The number of imide groups is 1. The molecular formula is C25H17BrCl2FNO4S. The third kappa shape index (κ3) is 5.83. The van der Waals surface area contributed by atoms with Crippen molar-refractivity contribution in [2.24, 2.45) is 0 Å². The number of amides is 2. The predicted octanol–water partition coefficient (Wildman–Crippen LogP) is 7.72. The molecule has 1 saturated heterocycles. The summed E-state index contributed by atoms with van der Waals surface area (Å²) in [4.78, 5) is 26.9. The smallest absolute Gasteiger partial charge is 0.293 e. The first-order chi connectivity index (χ1) is 16.8. The number of rotatable bonds is 7. The van der Waals surface area contributed by atoms with Crippen molar-refractivity contribution >= 4 is 68.1 Å². The van der Waals surface area contributed by atoms with Crippen molar-refractivity contribution in [3.8, 4) is 11.5 Å². The molecule has 0 atom stereocenters. The van der Waals surface area contributed by atoms with Gasteiger partial charge in [0.2, 0.25) is 0 Å². The second-order valence-corrected chi connectivity index (χ2v) is 10.1. The van der Waals surface area contributed by atoms with E-state index in [2.05, 4.69) is 15.9 Å². The van der Waals surface area contributed by atoms with Gasteiger partial charge in [-0.3, -0.25) is 14.5 Å². The number of carbonyl (C=O) groups is 2. The van der Waals surface area contributed by atoms with Gasteiger partial charge in [-0.2, -0.15) is 0 Å². The van der Waals surface area contributed by atoms with E-state index in [1.165, 1.54) is 19.2 Å². The van der Waals surface area contributed by atoms with Gasteiger partial charge in [0, 0.05) is 15.6 Å². The Kier molecular flexibility index (Phi) is 8.06. The summed E-state index contributed by atoms with van der Waals surface area (Å²) in [5.74, 6) is 0.115. The molecule has 0 aromatic heterocycles. The SMILES string of the molecule is COc1cc(/C=C2/SC(=O)N(Cc3c(Cl)cccc3Cl)C2=O)cc(Br)c1OCc1ccc(F)cc1. The molecule has 1 aliphatic rings. The number of methoxy groups -OCH3 is 1. The van der Waals surface area contributed by atoms with Crippen LogP contribution in [0.2, 0.25) is 10.0 Å². The van der Waals surface area contributed by atoms with Crippen LogP contribution in [-0.2, 0) is 17.9 Å². The van der Waals surface area contributed by atoms with Gasteiger partial charge in [-0.25, -0.2) is 4.39 Å². The molecule has 0 bridgehead atoms. The van der Waals surface area contributed by atoms with Crippen molar-refractivity contribution in [2.45, 2.75) is 13.2 Å². The zero-order chi connectivity index (χ0) is 25.1. The molecule has 0 radical (unpaired) electrons. The number of thioether (sulfide) groups is 1. The minimum Gasteiger partial charge on any atom is -0.493 e. The third-order valence-corrected chi connectivity index (χ3v) is 7.30. The van der Waals surface area contributed by atoms with E-state index in [4.69, 9.17) is 32.7 Å². The first-order valence-corrected chi connectivity index (χ1v) is 12.6. The molecule has 2 amide bonds. The second-order valence-electron chi connectivity index (χ2n) is 7.42. The van der Waals surface area contributed by atoms with E-state index in [-0.39, 0.29) is 23.9 Å². The largest absolute Gasteiger partial charge is 0.493 e. The lowest BCUT2D eigenvalue weighted by Gasteiger charge is -2.15. The number of halogens is 4. The fraction of sp³-hybridized carbons (Fsp3) is 0.120. The van der Waals surface area contributed by atoms with Gasteiger partial charge in [-0.1, -0.05) is 41.4 Å². The van der Waals surface area contributed by atoms with E-state index >= 15 is 0 Å².